The number of benzene rings is 2. The summed E-state index contributed by atoms with van der Waals surface area (Å²) in [4.78, 5) is 12.8. The van der Waals surface area contributed by atoms with Gasteiger partial charge in [-0.2, -0.15) is 13.1 Å². The molecule has 0 fully saturated rings. The number of fused-ring (bicyclic) bond motifs is 1. The lowest BCUT2D eigenvalue weighted by Crippen LogP contribution is -2.57. The van der Waals surface area contributed by atoms with Crippen molar-refractivity contribution in [3.05, 3.63) is 64.7 Å². The van der Waals surface area contributed by atoms with Crippen molar-refractivity contribution in [1.29, 1.82) is 0 Å². The van der Waals surface area contributed by atoms with E-state index in [9.17, 15) is 13.2 Å². The van der Waals surface area contributed by atoms with Crippen LogP contribution < -0.4 is 8.91 Å². The number of hydrogen-bond donors (Lipinski definition) is 1. The third kappa shape index (κ3) is 2.55. The SMILES string of the molecule is COC(=O)[C@]1(c2cc(C)cc(C)c2)NS(=O)(=O)Oc2ccccc21. The molecule has 2 aromatic carbocycles. The summed E-state index contributed by atoms with van der Waals surface area (Å²) in [5.41, 5.74) is 0.967. The number of methoxy groups -OCH3 is 1. The van der Waals surface area contributed by atoms with Gasteiger partial charge in [0.25, 0.3) is 0 Å². The molecule has 0 amide bonds. The minimum Gasteiger partial charge on any atom is -0.467 e. The predicted octanol–water partition coefficient (Wildman–Crippen LogP) is 1.95. The molecule has 2 aromatic rings. The molecule has 0 spiro atoms. The third-order valence-corrected chi connectivity index (χ3v) is 4.87. The minimum atomic E-state index is -4.18. The van der Waals surface area contributed by atoms with Gasteiger partial charge in [-0.25, -0.2) is 4.79 Å². The van der Waals surface area contributed by atoms with Crippen molar-refractivity contribution in [2.75, 3.05) is 7.11 Å². The Balaban J connectivity index is 2.41. The number of rotatable bonds is 2. The second kappa shape index (κ2) is 5.61. The molecule has 0 unspecified atom stereocenters. The lowest BCUT2D eigenvalue weighted by atomic mass is 9.82. The van der Waals surface area contributed by atoms with Crippen LogP contribution in [0.5, 0.6) is 5.75 Å². The first-order valence-corrected chi connectivity index (χ1v) is 8.69. The second-order valence-electron chi connectivity index (χ2n) is 5.75. The van der Waals surface area contributed by atoms with Gasteiger partial charge in [-0.15, -0.1) is 0 Å². The molecule has 0 aromatic heterocycles. The molecule has 1 aliphatic rings. The van der Waals surface area contributed by atoms with E-state index in [4.69, 9.17) is 8.92 Å². The van der Waals surface area contributed by atoms with Crippen molar-refractivity contribution in [1.82, 2.24) is 4.72 Å². The Morgan fingerprint density at radius 3 is 2.38 bits per heavy atom. The van der Waals surface area contributed by atoms with E-state index in [0.29, 0.717) is 11.1 Å². The second-order valence-corrected chi connectivity index (χ2v) is 7.03. The highest BCUT2D eigenvalue weighted by Crippen LogP contribution is 2.41. The molecule has 6 nitrogen and oxygen atoms in total. The van der Waals surface area contributed by atoms with Gasteiger partial charge >= 0.3 is 16.3 Å². The van der Waals surface area contributed by atoms with E-state index in [0.717, 1.165) is 11.1 Å². The van der Waals surface area contributed by atoms with Crippen molar-refractivity contribution >= 4 is 16.3 Å². The average Bonchev–Trinajstić information content (AvgIpc) is 2.51. The number of aryl methyl sites for hydroxylation is 2. The van der Waals surface area contributed by atoms with Crippen LogP contribution in [0.15, 0.2) is 42.5 Å². The summed E-state index contributed by atoms with van der Waals surface area (Å²) in [7, 11) is -2.96. The van der Waals surface area contributed by atoms with E-state index in [1.807, 2.05) is 19.9 Å². The zero-order valence-corrected chi connectivity index (χ0v) is 14.3. The first-order valence-electron chi connectivity index (χ1n) is 7.28. The highest BCUT2D eigenvalue weighted by molar-refractivity contribution is 7.85. The van der Waals surface area contributed by atoms with Gasteiger partial charge in [0.1, 0.15) is 5.75 Å². The number of para-hydroxylation sites is 1. The topological polar surface area (TPSA) is 81.7 Å². The largest absolute Gasteiger partial charge is 0.467 e. The molecule has 0 bridgehead atoms. The molecule has 1 aliphatic heterocycles. The van der Waals surface area contributed by atoms with Crippen LogP contribution >= 0.6 is 0 Å². The van der Waals surface area contributed by atoms with E-state index >= 15 is 0 Å². The van der Waals surface area contributed by atoms with Gasteiger partial charge in [0.15, 0.2) is 5.54 Å². The fraction of sp³-hybridized carbons (Fsp3) is 0.235. The Hall–Kier alpha value is -2.38. The van der Waals surface area contributed by atoms with Gasteiger partial charge in [-0.1, -0.05) is 47.5 Å². The normalized spacial score (nSPS) is 21.5. The number of hydrogen-bond acceptors (Lipinski definition) is 5. The van der Waals surface area contributed by atoms with E-state index < -0.39 is 21.8 Å². The Labute approximate surface area is 140 Å². The van der Waals surface area contributed by atoms with Gasteiger partial charge in [0.05, 0.1) is 7.11 Å². The maximum atomic E-state index is 12.8. The monoisotopic (exact) mass is 347 g/mol. The van der Waals surface area contributed by atoms with E-state index in [2.05, 4.69) is 4.72 Å². The summed E-state index contributed by atoms with van der Waals surface area (Å²) in [5.74, 6) is -0.632. The molecule has 0 saturated heterocycles. The summed E-state index contributed by atoms with van der Waals surface area (Å²) in [6.07, 6.45) is 0. The van der Waals surface area contributed by atoms with E-state index in [-0.39, 0.29) is 5.75 Å². The van der Waals surface area contributed by atoms with Crippen LogP contribution in [0.3, 0.4) is 0 Å². The van der Waals surface area contributed by atoms with Gasteiger partial charge < -0.3 is 8.92 Å². The van der Waals surface area contributed by atoms with Crippen molar-refractivity contribution in [3.8, 4) is 5.75 Å². The van der Waals surface area contributed by atoms with Crippen LogP contribution in [0.1, 0.15) is 22.3 Å². The molecule has 0 radical (unpaired) electrons. The first-order chi connectivity index (χ1) is 11.3. The number of nitrogens with one attached hydrogen (secondary N) is 1. The van der Waals surface area contributed by atoms with Gasteiger partial charge in [0.2, 0.25) is 0 Å². The molecule has 1 atom stereocenters. The molecule has 1 heterocycles. The number of carbonyl (C=O) groups excluding carboxylic acids is 1. The standard InChI is InChI=1S/C17H17NO5S/c1-11-8-12(2)10-13(9-11)17(16(19)22-3)14-6-4-5-7-15(14)23-24(20,21)18-17/h4-10,18H,1-3H3/t17-/m1/s1. The zero-order chi connectivity index (χ0) is 17.5. The van der Waals surface area contributed by atoms with Gasteiger partial charge in [-0.3, -0.25) is 0 Å². The van der Waals surface area contributed by atoms with Crippen molar-refractivity contribution in [3.63, 3.8) is 0 Å². The molecule has 126 valence electrons. The quantitative estimate of drug-likeness (QED) is 0.840. The van der Waals surface area contributed by atoms with E-state index in [1.165, 1.54) is 13.2 Å². The maximum Gasteiger partial charge on any atom is 0.384 e. The van der Waals surface area contributed by atoms with Crippen LogP contribution in [0.4, 0.5) is 0 Å². The fourth-order valence-corrected chi connectivity index (χ4v) is 4.17. The third-order valence-electron chi connectivity index (χ3n) is 3.91. The lowest BCUT2D eigenvalue weighted by Gasteiger charge is -2.36. The lowest BCUT2D eigenvalue weighted by molar-refractivity contribution is -0.146. The molecule has 7 heteroatoms. The summed E-state index contributed by atoms with van der Waals surface area (Å²) in [6, 6.07) is 12.0. The summed E-state index contributed by atoms with van der Waals surface area (Å²) in [5, 5.41) is 0. The molecule has 3 rings (SSSR count). The molecule has 0 saturated carbocycles. The van der Waals surface area contributed by atoms with Crippen LogP contribution in [0, 0.1) is 13.8 Å². The highest BCUT2D eigenvalue weighted by atomic mass is 32.2. The van der Waals surface area contributed by atoms with Crippen molar-refractivity contribution < 1.29 is 22.1 Å². The van der Waals surface area contributed by atoms with Crippen LogP contribution in [0.25, 0.3) is 0 Å². The van der Waals surface area contributed by atoms with E-state index in [1.54, 1.807) is 30.3 Å². The minimum absolute atomic E-state index is 0.0980. The summed E-state index contributed by atoms with van der Waals surface area (Å²) in [6.45, 7) is 3.75. The van der Waals surface area contributed by atoms with Crippen molar-refractivity contribution in [2.45, 2.75) is 19.4 Å². The Morgan fingerprint density at radius 2 is 1.75 bits per heavy atom. The zero-order valence-electron chi connectivity index (χ0n) is 13.5. The summed E-state index contributed by atoms with van der Waals surface area (Å²) < 4.78 is 36.8. The molecule has 1 N–H and O–H groups in total. The molecule has 24 heavy (non-hydrogen) atoms. The average molecular weight is 347 g/mol. The predicted molar refractivity (Wildman–Crippen MR) is 87.8 cm³/mol. The van der Waals surface area contributed by atoms with Crippen LogP contribution in [-0.2, 0) is 25.4 Å². The number of esters is 1. The first kappa shape index (κ1) is 16.5. The summed E-state index contributed by atoms with van der Waals surface area (Å²) >= 11 is 0. The van der Waals surface area contributed by atoms with Crippen LogP contribution in [-0.4, -0.2) is 21.5 Å². The number of ether oxygens (including phenoxy) is 1. The van der Waals surface area contributed by atoms with Crippen molar-refractivity contribution in [2.24, 2.45) is 0 Å². The molecular weight excluding hydrogens is 330 g/mol. The Morgan fingerprint density at radius 1 is 1.12 bits per heavy atom. The fourth-order valence-electron chi connectivity index (χ4n) is 3.06. The van der Waals surface area contributed by atoms with Gasteiger partial charge in [0, 0.05) is 5.56 Å². The van der Waals surface area contributed by atoms with Gasteiger partial charge in [-0.05, 0) is 25.5 Å². The number of carbonyl (C=O) groups is 1. The molecular formula is C17H17NO5S. The van der Waals surface area contributed by atoms with Crippen LogP contribution in [0.2, 0.25) is 0 Å². The Kier molecular flexibility index (Phi) is 3.85. The smallest absolute Gasteiger partial charge is 0.384 e. The Bertz CT molecular complexity index is 902. The highest BCUT2D eigenvalue weighted by Gasteiger charge is 2.52. The maximum absolute atomic E-state index is 12.8. The molecule has 0 aliphatic carbocycles.